The number of pyridine rings is 1. The molecule has 7 nitrogen and oxygen atoms in total. The molecule has 30 heavy (non-hydrogen) atoms. The van der Waals surface area contributed by atoms with Crippen molar-refractivity contribution in [2.45, 2.75) is 78.2 Å². The monoisotopic (exact) mass is 420 g/mol. The van der Waals surface area contributed by atoms with E-state index in [1.54, 1.807) is 17.7 Å². The third-order valence-corrected chi connectivity index (χ3v) is 6.19. The molecule has 1 aromatic heterocycles. The van der Waals surface area contributed by atoms with Gasteiger partial charge in [-0.3, -0.25) is 14.4 Å². The summed E-state index contributed by atoms with van der Waals surface area (Å²) in [5.41, 5.74) is 1.36. The first kappa shape index (κ1) is 24.1. The van der Waals surface area contributed by atoms with E-state index in [1.165, 1.54) is 0 Å². The summed E-state index contributed by atoms with van der Waals surface area (Å²) in [5, 5.41) is 12.2. The average molecular weight is 421 g/mol. The maximum absolute atomic E-state index is 13.1. The summed E-state index contributed by atoms with van der Waals surface area (Å²) < 4.78 is 6.84. The maximum atomic E-state index is 13.1. The van der Waals surface area contributed by atoms with Crippen molar-refractivity contribution in [1.82, 2.24) is 9.88 Å². The quantitative estimate of drug-likeness (QED) is 0.573. The lowest BCUT2D eigenvalue weighted by atomic mass is 9.71. The fourth-order valence-corrected chi connectivity index (χ4v) is 4.58. The molecule has 0 unspecified atom stereocenters. The van der Waals surface area contributed by atoms with Crippen LogP contribution in [-0.4, -0.2) is 41.8 Å². The zero-order valence-corrected chi connectivity index (χ0v) is 18.6. The molecule has 1 aromatic rings. The molecule has 1 saturated carbocycles. The van der Waals surface area contributed by atoms with Gasteiger partial charge in [0.2, 0.25) is 0 Å². The number of amides is 1. The number of carboxylic acids is 1. The van der Waals surface area contributed by atoms with Gasteiger partial charge in [0.15, 0.2) is 0 Å². The smallest absolute Gasteiger partial charge is 0.303 e. The Morgan fingerprint density at radius 1 is 1.23 bits per heavy atom. The summed E-state index contributed by atoms with van der Waals surface area (Å²) in [6.45, 7) is 5.17. The van der Waals surface area contributed by atoms with E-state index in [1.807, 2.05) is 6.92 Å². The molecule has 0 atom stereocenters. The van der Waals surface area contributed by atoms with E-state index >= 15 is 0 Å². The number of carboxylic acid groups (broad SMARTS) is 1. The number of aliphatic carboxylic acids is 1. The molecule has 0 saturated heterocycles. The number of carbonyl (C=O) groups excluding carboxylic acids is 1. The average Bonchev–Trinajstić information content (AvgIpc) is 2.72. The summed E-state index contributed by atoms with van der Waals surface area (Å²) in [4.78, 5) is 37.5. The SMILES string of the molecule is CCCc1c(CC)cc(C(=O)NCC2(CC(=O)O)CCCCC2)c(=O)n1CCOC. The van der Waals surface area contributed by atoms with Crippen LogP contribution in [0.3, 0.4) is 0 Å². The number of nitrogens with one attached hydrogen (secondary N) is 1. The zero-order valence-electron chi connectivity index (χ0n) is 18.6. The second-order valence-corrected chi connectivity index (χ2v) is 8.40. The largest absolute Gasteiger partial charge is 0.481 e. The van der Waals surface area contributed by atoms with Crippen LogP contribution in [0.2, 0.25) is 0 Å². The van der Waals surface area contributed by atoms with Crippen LogP contribution >= 0.6 is 0 Å². The minimum absolute atomic E-state index is 0.0427. The van der Waals surface area contributed by atoms with Crippen LogP contribution in [0.1, 0.15) is 80.4 Å². The van der Waals surface area contributed by atoms with Crippen molar-refractivity contribution in [2.75, 3.05) is 20.3 Å². The minimum atomic E-state index is -0.842. The van der Waals surface area contributed by atoms with Crippen LogP contribution in [0.25, 0.3) is 0 Å². The fourth-order valence-electron chi connectivity index (χ4n) is 4.58. The number of hydrogen-bond acceptors (Lipinski definition) is 4. The number of nitrogens with zero attached hydrogens (tertiary/aromatic N) is 1. The standard InChI is InChI=1S/C23H36N2O5/c1-4-9-19-17(5-2)14-18(22(29)25(19)12-13-30-3)21(28)24-16-23(15-20(26)27)10-7-6-8-11-23/h14H,4-13,15-16H2,1-3H3,(H,24,28)(H,26,27). The topological polar surface area (TPSA) is 97.6 Å². The molecule has 168 valence electrons. The van der Waals surface area contributed by atoms with Crippen molar-refractivity contribution < 1.29 is 19.4 Å². The number of rotatable bonds is 11. The molecule has 1 fully saturated rings. The molecule has 7 heteroatoms. The van der Waals surface area contributed by atoms with E-state index in [2.05, 4.69) is 12.2 Å². The van der Waals surface area contributed by atoms with Gasteiger partial charge in [0.05, 0.1) is 13.0 Å². The molecule has 1 aliphatic rings. The van der Waals surface area contributed by atoms with Crippen LogP contribution in [0.15, 0.2) is 10.9 Å². The summed E-state index contributed by atoms with van der Waals surface area (Å²) in [7, 11) is 1.59. The highest BCUT2D eigenvalue weighted by atomic mass is 16.5. The lowest BCUT2D eigenvalue weighted by Gasteiger charge is -2.36. The first-order chi connectivity index (χ1) is 14.4. The highest BCUT2D eigenvalue weighted by Gasteiger charge is 2.35. The summed E-state index contributed by atoms with van der Waals surface area (Å²) in [6, 6.07) is 1.72. The molecule has 0 aliphatic heterocycles. The van der Waals surface area contributed by atoms with Crippen molar-refractivity contribution >= 4 is 11.9 Å². The van der Waals surface area contributed by atoms with Gasteiger partial charge in [0.25, 0.3) is 11.5 Å². The second-order valence-electron chi connectivity index (χ2n) is 8.40. The Labute approximate surface area is 178 Å². The molecule has 2 rings (SSSR count). The van der Waals surface area contributed by atoms with Crippen LogP contribution in [0, 0.1) is 5.41 Å². The number of hydrogen-bond donors (Lipinski definition) is 2. The van der Waals surface area contributed by atoms with E-state index in [4.69, 9.17) is 4.74 Å². The molecule has 0 bridgehead atoms. The van der Waals surface area contributed by atoms with Gasteiger partial charge < -0.3 is 19.7 Å². The number of ether oxygens (including phenoxy) is 1. The molecule has 1 amide bonds. The minimum Gasteiger partial charge on any atom is -0.481 e. The van der Waals surface area contributed by atoms with Crippen molar-refractivity contribution in [2.24, 2.45) is 5.41 Å². The van der Waals surface area contributed by atoms with Gasteiger partial charge in [-0.1, -0.05) is 39.5 Å². The normalized spacial score (nSPS) is 15.7. The van der Waals surface area contributed by atoms with Crippen molar-refractivity contribution in [3.8, 4) is 0 Å². The first-order valence-corrected chi connectivity index (χ1v) is 11.1. The maximum Gasteiger partial charge on any atom is 0.303 e. The lowest BCUT2D eigenvalue weighted by molar-refractivity contribution is -0.140. The predicted molar refractivity (Wildman–Crippen MR) is 116 cm³/mol. The highest BCUT2D eigenvalue weighted by Crippen LogP contribution is 2.38. The van der Waals surface area contributed by atoms with Gasteiger partial charge in [-0.2, -0.15) is 0 Å². The first-order valence-electron chi connectivity index (χ1n) is 11.1. The summed E-state index contributed by atoms with van der Waals surface area (Å²) >= 11 is 0. The van der Waals surface area contributed by atoms with E-state index in [-0.39, 0.29) is 24.1 Å². The molecular formula is C23H36N2O5. The van der Waals surface area contributed by atoms with E-state index in [0.29, 0.717) is 13.2 Å². The van der Waals surface area contributed by atoms with E-state index < -0.39 is 17.3 Å². The third-order valence-electron chi connectivity index (χ3n) is 6.19. The Kier molecular flexibility index (Phi) is 9.08. The summed E-state index contributed by atoms with van der Waals surface area (Å²) in [6.07, 6.45) is 7.05. The molecule has 0 aromatic carbocycles. The molecule has 2 N–H and O–H groups in total. The van der Waals surface area contributed by atoms with Crippen LogP contribution in [0.5, 0.6) is 0 Å². The Bertz CT molecular complexity index is 794. The Morgan fingerprint density at radius 3 is 2.50 bits per heavy atom. The molecule has 0 spiro atoms. The van der Waals surface area contributed by atoms with Crippen LogP contribution < -0.4 is 10.9 Å². The van der Waals surface area contributed by atoms with Gasteiger partial charge in [-0.05, 0) is 42.7 Å². The number of carbonyl (C=O) groups is 2. The van der Waals surface area contributed by atoms with Gasteiger partial charge in [-0.15, -0.1) is 0 Å². The van der Waals surface area contributed by atoms with Crippen LogP contribution in [0.4, 0.5) is 0 Å². The Balaban J connectivity index is 2.31. The van der Waals surface area contributed by atoms with Gasteiger partial charge in [0.1, 0.15) is 5.56 Å². The zero-order chi connectivity index (χ0) is 22.1. The molecular weight excluding hydrogens is 384 g/mol. The van der Waals surface area contributed by atoms with Gasteiger partial charge in [-0.25, -0.2) is 0 Å². The highest BCUT2D eigenvalue weighted by molar-refractivity contribution is 5.94. The third kappa shape index (κ3) is 5.94. The van der Waals surface area contributed by atoms with Gasteiger partial charge >= 0.3 is 5.97 Å². The van der Waals surface area contributed by atoms with Crippen molar-refractivity contribution in [3.63, 3.8) is 0 Å². The Hall–Kier alpha value is -2.15. The van der Waals surface area contributed by atoms with Gasteiger partial charge in [0, 0.05) is 25.9 Å². The lowest BCUT2D eigenvalue weighted by Crippen LogP contribution is -2.42. The van der Waals surface area contributed by atoms with E-state index in [0.717, 1.165) is 62.6 Å². The van der Waals surface area contributed by atoms with Crippen molar-refractivity contribution in [3.05, 3.63) is 33.2 Å². The van der Waals surface area contributed by atoms with Crippen molar-refractivity contribution in [1.29, 1.82) is 0 Å². The number of methoxy groups -OCH3 is 1. The fraction of sp³-hybridized carbons (Fsp3) is 0.696. The molecule has 0 radical (unpaired) electrons. The Morgan fingerprint density at radius 2 is 1.93 bits per heavy atom. The van der Waals surface area contributed by atoms with Crippen LogP contribution in [-0.2, 0) is 28.9 Å². The second kappa shape index (κ2) is 11.3. The molecule has 1 aliphatic carbocycles. The number of aromatic nitrogens is 1. The molecule has 1 heterocycles. The van der Waals surface area contributed by atoms with E-state index in [9.17, 15) is 19.5 Å². The predicted octanol–water partition coefficient (Wildman–Crippen LogP) is 3.16. The number of aryl methyl sites for hydroxylation is 1. The summed E-state index contributed by atoms with van der Waals surface area (Å²) in [5.74, 6) is -1.26.